The number of hydrogen-bond acceptors (Lipinski definition) is 2. The maximum Gasteiger partial charge on any atom is 0.0738 e. The normalized spacial score (nSPS) is 28.4. The van der Waals surface area contributed by atoms with Crippen molar-refractivity contribution < 1.29 is 4.74 Å². The van der Waals surface area contributed by atoms with Gasteiger partial charge < -0.3 is 10.1 Å². The summed E-state index contributed by atoms with van der Waals surface area (Å²) >= 11 is 6.24. The quantitative estimate of drug-likeness (QED) is 0.749. The van der Waals surface area contributed by atoms with Crippen molar-refractivity contribution in [1.82, 2.24) is 5.32 Å². The van der Waals surface area contributed by atoms with Gasteiger partial charge in [-0.05, 0) is 37.1 Å². The lowest BCUT2D eigenvalue weighted by Crippen LogP contribution is -2.42. The highest BCUT2D eigenvalue weighted by molar-refractivity contribution is 6.31. The highest BCUT2D eigenvalue weighted by Gasteiger charge is 2.34. The number of piperidine rings is 1. The molecule has 86 valence electrons. The van der Waals surface area contributed by atoms with Crippen molar-refractivity contribution >= 4 is 11.6 Å². The predicted molar refractivity (Wildman–Crippen MR) is 65.0 cm³/mol. The lowest BCUT2D eigenvalue weighted by molar-refractivity contribution is -0.00698. The fraction of sp³-hybridized carbons (Fsp3) is 0.538. The van der Waals surface area contributed by atoms with E-state index in [0.717, 1.165) is 24.5 Å². The molecule has 2 heterocycles. The number of nitrogens with one attached hydrogen (secondary N) is 1. The fourth-order valence-electron chi connectivity index (χ4n) is 2.93. The lowest BCUT2D eigenvalue weighted by Gasteiger charge is -2.38. The van der Waals surface area contributed by atoms with Crippen LogP contribution in [0.3, 0.4) is 0 Å². The summed E-state index contributed by atoms with van der Waals surface area (Å²) < 4.78 is 5.92. The number of ether oxygens (including phenoxy) is 1. The summed E-state index contributed by atoms with van der Waals surface area (Å²) in [4.78, 5) is 0. The van der Waals surface area contributed by atoms with Crippen LogP contribution in [-0.2, 0) is 11.3 Å². The lowest BCUT2D eigenvalue weighted by atomic mass is 9.82. The number of benzene rings is 1. The van der Waals surface area contributed by atoms with Crippen molar-refractivity contribution in [3.8, 4) is 0 Å². The molecule has 0 spiro atoms. The first-order valence-corrected chi connectivity index (χ1v) is 6.25. The first-order chi connectivity index (χ1) is 7.77. The van der Waals surface area contributed by atoms with Gasteiger partial charge in [0.1, 0.15) is 0 Å². The molecule has 3 rings (SSSR count). The summed E-state index contributed by atoms with van der Waals surface area (Å²) in [7, 11) is 0. The maximum atomic E-state index is 6.24. The topological polar surface area (TPSA) is 21.3 Å². The molecule has 2 aliphatic heterocycles. The molecule has 16 heavy (non-hydrogen) atoms. The molecule has 2 atom stereocenters. The minimum Gasteiger partial charge on any atom is -0.373 e. The molecule has 1 unspecified atom stereocenters. The summed E-state index contributed by atoms with van der Waals surface area (Å²) in [5.74, 6) is 0.483. The van der Waals surface area contributed by atoms with Crippen LogP contribution in [-0.4, -0.2) is 19.2 Å². The molecule has 1 aromatic rings. The van der Waals surface area contributed by atoms with Crippen molar-refractivity contribution in [2.45, 2.75) is 32.0 Å². The van der Waals surface area contributed by atoms with Gasteiger partial charge in [-0.1, -0.05) is 17.7 Å². The monoisotopic (exact) mass is 237 g/mol. The van der Waals surface area contributed by atoms with E-state index in [2.05, 4.69) is 18.3 Å². The van der Waals surface area contributed by atoms with E-state index >= 15 is 0 Å². The van der Waals surface area contributed by atoms with Gasteiger partial charge in [0, 0.05) is 23.0 Å². The molecule has 0 aliphatic carbocycles. The Hall–Kier alpha value is -0.570. The standard InChI is InChI=1S/C13H16ClNO/c1-8-2-3-11(14)10-7-16-12-4-5-15-6-9(12)13(8)10/h2-3,9,12,15H,4-7H2,1H3/t9?,12-/m0/s1. The van der Waals surface area contributed by atoms with Crippen LogP contribution in [0, 0.1) is 6.92 Å². The van der Waals surface area contributed by atoms with Gasteiger partial charge in [0.25, 0.3) is 0 Å². The van der Waals surface area contributed by atoms with Crippen LogP contribution in [0.25, 0.3) is 0 Å². The van der Waals surface area contributed by atoms with Crippen LogP contribution < -0.4 is 5.32 Å². The van der Waals surface area contributed by atoms with E-state index in [9.17, 15) is 0 Å². The van der Waals surface area contributed by atoms with Gasteiger partial charge >= 0.3 is 0 Å². The molecule has 1 saturated heterocycles. The summed E-state index contributed by atoms with van der Waals surface area (Å²) in [6.07, 6.45) is 1.49. The molecule has 0 radical (unpaired) electrons. The fourth-order valence-corrected chi connectivity index (χ4v) is 3.15. The summed E-state index contributed by atoms with van der Waals surface area (Å²) in [5, 5.41) is 4.30. The van der Waals surface area contributed by atoms with E-state index < -0.39 is 0 Å². The second-order valence-electron chi connectivity index (χ2n) is 4.71. The molecular formula is C13H16ClNO. The SMILES string of the molecule is Cc1ccc(Cl)c2c1C1CNCC[C@@H]1OC2. The van der Waals surface area contributed by atoms with Crippen LogP contribution >= 0.6 is 11.6 Å². The molecule has 0 amide bonds. The van der Waals surface area contributed by atoms with Gasteiger partial charge in [0.2, 0.25) is 0 Å². The minimum atomic E-state index is 0.380. The van der Waals surface area contributed by atoms with E-state index in [1.807, 2.05) is 6.07 Å². The van der Waals surface area contributed by atoms with Gasteiger partial charge in [0.15, 0.2) is 0 Å². The second kappa shape index (κ2) is 4.02. The zero-order valence-corrected chi connectivity index (χ0v) is 10.2. The number of aryl methyl sites for hydroxylation is 1. The van der Waals surface area contributed by atoms with Crippen molar-refractivity contribution in [1.29, 1.82) is 0 Å². The summed E-state index contributed by atoms with van der Waals surface area (Å²) in [5.41, 5.74) is 3.98. The molecule has 1 N–H and O–H groups in total. The zero-order valence-electron chi connectivity index (χ0n) is 9.42. The zero-order chi connectivity index (χ0) is 11.1. The van der Waals surface area contributed by atoms with Gasteiger partial charge in [-0.25, -0.2) is 0 Å². The van der Waals surface area contributed by atoms with Gasteiger partial charge in [-0.2, -0.15) is 0 Å². The van der Waals surface area contributed by atoms with Crippen molar-refractivity contribution in [2.24, 2.45) is 0 Å². The number of hydrogen-bond donors (Lipinski definition) is 1. The van der Waals surface area contributed by atoms with Gasteiger partial charge in [-0.3, -0.25) is 0 Å². The summed E-state index contributed by atoms with van der Waals surface area (Å²) in [6, 6.07) is 4.10. The van der Waals surface area contributed by atoms with Crippen LogP contribution in [0.15, 0.2) is 12.1 Å². The van der Waals surface area contributed by atoms with Crippen molar-refractivity contribution in [2.75, 3.05) is 13.1 Å². The Morgan fingerprint density at radius 1 is 1.44 bits per heavy atom. The maximum absolute atomic E-state index is 6.24. The molecule has 0 bridgehead atoms. The molecule has 0 aromatic heterocycles. The first kappa shape index (κ1) is 10.6. The van der Waals surface area contributed by atoms with Crippen LogP contribution in [0.1, 0.15) is 29.0 Å². The van der Waals surface area contributed by atoms with Crippen LogP contribution in [0.4, 0.5) is 0 Å². The molecule has 1 fully saturated rings. The number of fused-ring (bicyclic) bond motifs is 3. The average molecular weight is 238 g/mol. The Labute approximate surface area is 101 Å². The Morgan fingerprint density at radius 3 is 3.19 bits per heavy atom. The van der Waals surface area contributed by atoms with Gasteiger partial charge in [0.05, 0.1) is 12.7 Å². The highest BCUT2D eigenvalue weighted by atomic mass is 35.5. The molecule has 0 saturated carbocycles. The first-order valence-electron chi connectivity index (χ1n) is 5.87. The Balaban J connectivity index is 2.10. The van der Waals surface area contributed by atoms with Crippen molar-refractivity contribution in [3.05, 3.63) is 33.8 Å². The highest BCUT2D eigenvalue weighted by Crippen LogP contribution is 2.39. The van der Waals surface area contributed by atoms with Crippen molar-refractivity contribution in [3.63, 3.8) is 0 Å². The van der Waals surface area contributed by atoms with E-state index in [4.69, 9.17) is 16.3 Å². The van der Waals surface area contributed by atoms with Gasteiger partial charge in [-0.15, -0.1) is 0 Å². The second-order valence-corrected chi connectivity index (χ2v) is 5.11. The third-order valence-electron chi connectivity index (χ3n) is 3.75. The number of halogens is 1. The third-order valence-corrected chi connectivity index (χ3v) is 4.10. The van der Waals surface area contributed by atoms with Crippen LogP contribution in [0.2, 0.25) is 5.02 Å². The Morgan fingerprint density at radius 2 is 2.31 bits per heavy atom. The molecule has 2 nitrogen and oxygen atoms in total. The smallest absolute Gasteiger partial charge is 0.0738 e. The Bertz CT molecular complexity index is 419. The summed E-state index contributed by atoms with van der Waals surface area (Å²) in [6.45, 7) is 4.93. The molecule has 2 aliphatic rings. The molecule has 3 heteroatoms. The third kappa shape index (κ3) is 1.56. The minimum absolute atomic E-state index is 0.380. The Kier molecular flexibility index (Phi) is 2.66. The van der Waals surface area contributed by atoms with E-state index in [-0.39, 0.29) is 0 Å². The number of rotatable bonds is 0. The largest absolute Gasteiger partial charge is 0.373 e. The van der Waals surface area contributed by atoms with E-state index in [1.54, 1.807) is 0 Å². The predicted octanol–water partition coefficient (Wildman–Crippen LogP) is 2.62. The molecule has 1 aromatic carbocycles. The van der Waals surface area contributed by atoms with E-state index in [0.29, 0.717) is 18.6 Å². The average Bonchev–Trinajstić information content (AvgIpc) is 2.33. The van der Waals surface area contributed by atoms with E-state index in [1.165, 1.54) is 16.7 Å². The molecular weight excluding hydrogens is 222 g/mol. The van der Waals surface area contributed by atoms with Crippen LogP contribution in [0.5, 0.6) is 0 Å².